The van der Waals surface area contributed by atoms with Crippen molar-refractivity contribution in [3.8, 4) is 16.9 Å². The lowest BCUT2D eigenvalue weighted by atomic mass is 10.1. The van der Waals surface area contributed by atoms with Gasteiger partial charge in [0.2, 0.25) is 0 Å². The van der Waals surface area contributed by atoms with Crippen LogP contribution in [0.5, 0.6) is 5.75 Å². The van der Waals surface area contributed by atoms with Gasteiger partial charge in [-0.3, -0.25) is 0 Å². The van der Waals surface area contributed by atoms with Crippen molar-refractivity contribution >= 4 is 38.7 Å². The molecule has 3 heterocycles. The van der Waals surface area contributed by atoms with E-state index in [9.17, 15) is 0 Å². The predicted octanol–water partition coefficient (Wildman–Crippen LogP) is 5.71. The molecular formula is C23H22N4OS. The van der Waals surface area contributed by atoms with E-state index in [0.29, 0.717) is 0 Å². The number of thiophene rings is 1. The van der Waals surface area contributed by atoms with Crippen LogP contribution in [0, 0.1) is 0 Å². The van der Waals surface area contributed by atoms with Gasteiger partial charge < -0.3 is 15.0 Å². The van der Waals surface area contributed by atoms with Gasteiger partial charge in [-0.15, -0.1) is 11.3 Å². The molecule has 1 N–H and O–H groups in total. The molecule has 2 aromatic heterocycles. The highest BCUT2D eigenvalue weighted by molar-refractivity contribution is 7.17. The summed E-state index contributed by atoms with van der Waals surface area (Å²) in [7, 11) is 1.68. The molecule has 1 fully saturated rings. The topological polar surface area (TPSA) is 50.3 Å². The fourth-order valence-electron chi connectivity index (χ4n) is 3.82. The summed E-state index contributed by atoms with van der Waals surface area (Å²) in [5.41, 5.74) is 4.57. The Kier molecular flexibility index (Phi) is 4.77. The van der Waals surface area contributed by atoms with Crippen LogP contribution in [0.25, 0.3) is 21.3 Å². The van der Waals surface area contributed by atoms with Crippen molar-refractivity contribution in [3.63, 3.8) is 0 Å². The van der Waals surface area contributed by atoms with E-state index in [0.717, 1.165) is 51.7 Å². The van der Waals surface area contributed by atoms with Crippen LogP contribution in [-0.2, 0) is 0 Å². The summed E-state index contributed by atoms with van der Waals surface area (Å²) < 4.78 is 5.29. The van der Waals surface area contributed by atoms with Gasteiger partial charge in [-0.1, -0.05) is 12.1 Å². The molecular weight excluding hydrogens is 380 g/mol. The van der Waals surface area contributed by atoms with Gasteiger partial charge in [0.15, 0.2) is 0 Å². The van der Waals surface area contributed by atoms with E-state index in [1.54, 1.807) is 24.8 Å². The highest BCUT2D eigenvalue weighted by Gasteiger charge is 2.15. The molecule has 0 amide bonds. The highest BCUT2D eigenvalue weighted by Crippen LogP contribution is 2.38. The second kappa shape index (κ2) is 7.72. The van der Waals surface area contributed by atoms with Gasteiger partial charge in [0, 0.05) is 35.4 Å². The smallest absolute Gasteiger partial charge is 0.143 e. The van der Waals surface area contributed by atoms with E-state index in [2.05, 4.69) is 62.0 Å². The predicted molar refractivity (Wildman–Crippen MR) is 121 cm³/mol. The Bertz CT molecular complexity index is 1120. The number of benzene rings is 2. The zero-order chi connectivity index (χ0) is 19.6. The van der Waals surface area contributed by atoms with Crippen molar-refractivity contribution in [1.82, 2.24) is 9.97 Å². The van der Waals surface area contributed by atoms with Crippen molar-refractivity contribution in [2.24, 2.45) is 0 Å². The second-order valence-electron chi connectivity index (χ2n) is 7.15. The number of nitrogens with one attached hydrogen (secondary N) is 1. The third kappa shape index (κ3) is 3.51. The normalized spacial score (nSPS) is 13.8. The molecule has 2 aromatic carbocycles. The van der Waals surface area contributed by atoms with Crippen LogP contribution in [0.1, 0.15) is 12.8 Å². The summed E-state index contributed by atoms with van der Waals surface area (Å²) in [6.07, 6.45) is 4.19. The van der Waals surface area contributed by atoms with Crippen molar-refractivity contribution in [2.75, 3.05) is 30.4 Å². The molecule has 1 aliphatic heterocycles. The summed E-state index contributed by atoms with van der Waals surface area (Å²) in [6, 6.07) is 16.7. The minimum absolute atomic E-state index is 0.830. The number of rotatable bonds is 5. The van der Waals surface area contributed by atoms with Crippen LogP contribution in [0.2, 0.25) is 0 Å². The average Bonchev–Trinajstić information content (AvgIpc) is 3.45. The lowest BCUT2D eigenvalue weighted by molar-refractivity contribution is 0.415. The molecule has 1 aliphatic rings. The Morgan fingerprint density at radius 1 is 0.966 bits per heavy atom. The molecule has 0 unspecified atom stereocenters. The van der Waals surface area contributed by atoms with Crippen LogP contribution in [-0.4, -0.2) is 30.2 Å². The summed E-state index contributed by atoms with van der Waals surface area (Å²) in [4.78, 5) is 12.4. The lowest BCUT2D eigenvalue weighted by Crippen LogP contribution is -2.17. The number of methoxy groups -OCH3 is 1. The summed E-state index contributed by atoms with van der Waals surface area (Å²) >= 11 is 1.63. The first kappa shape index (κ1) is 17.9. The minimum atomic E-state index is 0.830. The van der Waals surface area contributed by atoms with Crippen molar-refractivity contribution < 1.29 is 4.74 Å². The zero-order valence-electron chi connectivity index (χ0n) is 16.3. The molecule has 146 valence electrons. The van der Waals surface area contributed by atoms with Crippen molar-refractivity contribution in [3.05, 3.63) is 60.2 Å². The molecule has 0 aliphatic carbocycles. The number of aromatic nitrogens is 2. The average molecular weight is 403 g/mol. The van der Waals surface area contributed by atoms with E-state index in [1.807, 2.05) is 12.1 Å². The number of ether oxygens (including phenoxy) is 1. The number of hydrogen-bond donors (Lipinski definition) is 1. The molecule has 0 saturated carbocycles. The van der Waals surface area contributed by atoms with Crippen molar-refractivity contribution in [1.29, 1.82) is 0 Å². The molecule has 4 aromatic rings. The van der Waals surface area contributed by atoms with Gasteiger partial charge in [-0.2, -0.15) is 0 Å². The van der Waals surface area contributed by atoms with Gasteiger partial charge >= 0.3 is 0 Å². The SMILES string of the molecule is COc1ccc(-c2csc3ncnc(Nc4ccc(N5CCCC5)cc4)c23)cc1. The number of hydrogen-bond acceptors (Lipinski definition) is 6. The quantitative estimate of drug-likeness (QED) is 0.463. The van der Waals surface area contributed by atoms with Gasteiger partial charge in [0.25, 0.3) is 0 Å². The van der Waals surface area contributed by atoms with E-state index < -0.39 is 0 Å². The van der Waals surface area contributed by atoms with E-state index >= 15 is 0 Å². The van der Waals surface area contributed by atoms with Crippen LogP contribution >= 0.6 is 11.3 Å². The van der Waals surface area contributed by atoms with Gasteiger partial charge in [-0.25, -0.2) is 9.97 Å². The maximum atomic E-state index is 5.29. The van der Waals surface area contributed by atoms with Crippen LogP contribution in [0.15, 0.2) is 60.2 Å². The standard InChI is InChI=1S/C23H22N4OS/c1-28-19-10-4-16(5-11-19)20-14-29-23-21(20)22(24-15-25-23)26-17-6-8-18(9-7-17)27-12-2-3-13-27/h4-11,14-15H,2-3,12-13H2,1H3,(H,24,25,26). The first-order valence-electron chi connectivity index (χ1n) is 9.80. The zero-order valence-corrected chi connectivity index (χ0v) is 17.1. The van der Waals surface area contributed by atoms with Crippen LogP contribution in [0.4, 0.5) is 17.2 Å². The van der Waals surface area contributed by atoms with E-state index in [1.165, 1.54) is 18.5 Å². The summed E-state index contributed by atoms with van der Waals surface area (Å²) in [5.74, 6) is 1.68. The van der Waals surface area contributed by atoms with Gasteiger partial charge in [-0.05, 0) is 54.8 Å². The second-order valence-corrected chi connectivity index (χ2v) is 8.00. The van der Waals surface area contributed by atoms with Gasteiger partial charge in [0.05, 0.1) is 12.5 Å². The molecule has 1 saturated heterocycles. The largest absolute Gasteiger partial charge is 0.497 e. The molecule has 5 rings (SSSR count). The molecule has 0 radical (unpaired) electrons. The fraction of sp³-hybridized carbons (Fsp3) is 0.217. The Morgan fingerprint density at radius 3 is 2.45 bits per heavy atom. The monoisotopic (exact) mass is 402 g/mol. The Morgan fingerprint density at radius 2 is 1.72 bits per heavy atom. The molecule has 29 heavy (non-hydrogen) atoms. The maximum absolute atomic E-state index is 5.29. The lowest BCUT2D eigenvalue weighted by Gasteiger charge is -2.18. The van der Waals surface area contributed by atoms with E-state index in [4.69, 9.17) is 4.74 Å². The Labute approximate surface area is 174 Å². The van der Waals surface area contributed by atoms with Gasteiger partial charge in [0.1, 0.15) is 22.7 Å². The minimum Gasteiger partial charge on any atom is -0.497 e. The number of anilines is 3. The molecule has 0 atom stereocenters. The summed E-state index contributed by atoms with van der Waals surface area (Å²) in [6.45, 7) is 2.30. The third-order valence-corrected chi connectivity index (χ3v) is 6.26. The fourth-order valence-corrected chi connectivity index (χ4v) is 4.74. The van der Waals surface area contributed by atoms with Crippen molar-refractivity contribution in [2.45, 2.75) is 12.8 Å². The number of fused-ring (bicyclic) bond motifs is 1. The maximum Gasteiger partial charge on any atom is 0.143 e. The Balaban J connectivity index is 1.47. The van der Waals surface area contributed by atoms with Crippen LogP contribution < -0.4 is 15.0 Å². The highest BCUT2D eigenvalue weighted by atomic mass is 32.1. The molecule has 0 bridgehead atoms. The molecule has 5 nitrogen and oxygen atoms in total. The number of nitrogens with zero attached hydrogens (tertiary/aromatic N) is 3. The molecule has 6 heteroatoms. The third-order valence-electron chi connectivity index (χ3n) is 5.37. The first-order chi connectivity index (χ1) is 14.3. The van der Waals surface area contributed by atoms with E-state index in [-0.39, 0.29) is 0 Å². The first-order valence-corrected chi connectivity index (χ1v) is 10.7. The summed E-state index contributed by atoms with van der Waals surface area (Å²) in [5, 5.41) is 6.69. The van der Waals surface area contributed by atoms with Crippen LogP contribution in [0.3, 0.4) is 0 Å². The molecule has 0 spiro atoms. The Hall–Kier alpha value is -3.12.